The van der Waals surface area contributed by atoms with Crippen molar-refractivity contribution in [3.8, 4) is 0 Å². The number of thioether (sulfide) groups is 1. The molecule has 6 nitrogen and oxygen atoms in total. The minimum Gasteiger partial charge on any atom is -0.458 e. The van der Waals surface area contributed by atoms with Crippen LogP contribution in [0.4, 0.5) is 26.3 Å². The van der Waals surface area contributed by atoms with E-state index < -0.39 is 70.2 Å². The largest absolute Gasteiger partial charge is 0.458 e. The highest BCUT2D eigenvalue weighted by Gasteiger charge is 2.78. The summed E-state index contributed by atoms with van der Waals surface area (Å²) in [5.74, 6) is -3.81. The van der Waals surface area contributed by atoms with Crippen molar-refractivity contribution in [3.05, 3.63) is 35.9 Å². The van der Waals surface area contributed by atoms with E-state index in [-0.39, 0.29) is 6.42 Å². The van der Waals surface area contributed by atoms with E-state index in [2.05, 4.69) is 10.1 Å². The lowest BCUT2D eigenvalue weighted by molar-refractivity contribution is -0.327. The van der Waals surface area contributed by atoms with Crippen LogP contribution in [-0.2, 0) is 30.3 Å². The van der Waals surface area contributed by atoms with Crippen molar-refractivity contribution in [1.82, 2.24) is 5.32 Å². The molecule has 1 fully saturated rings. The van der Waals surface area contributed by atoms with Crippen LogP contribution in [0, 0.1) is 0 Å². The number of ether oxygens (including phenoxy) is 2. The maximum Gasteiger partial charge on any atom is 0.448 e. The van der Waals surface area contributed by atoms with Crippen LogP contribution >= 0.6 is 11.8 Å². The Morgan fingerprint density at radius 1 is 1.09 bits per heavy atom. The molecule has 33 heavy (non-hydrogen) atoms. The lowest BCUT2D eigenvalue weighted by atomic mass is 10.1. The highest BCUT2D eigenvalue weighted by atomic mass is 32.2. The SMILES string of the molecule is CC(C)(C)OC(=O)[C@H](Cc1ccccc1)NC(=O)CC1SC(C(F)(F)F)(C(F)(F)F)OC1=O. The molecule has 0 saturated carbocycles. The molecule has 1 aromatic carbocycles. The molecule has 184 valence electrons. The molecule has 0 aromatic heterocycles. The molecule has 1 amide bonds. The Labute approximate surface area is 189 Å². The monoisotopic (exact) mass is 501 g/mol. The zero-order chi connectivity index (χ0) is 25.2. The van der Waals surface area contributed by atoms with Gasteiger partial charge in [-0.3, -0.25) is 9.59 Å². The first kappa shape index (κ1) is 26.8. The van der Waals surface area contributed by atoms with E-state index in [1.54, 1.807) is 51.1 Å². The summed E-state index contributed by atoms with van der Waals surface area (Å²) in [4.78, 5) is 32.0. The summed E-state index contributed by atoms with van der Waals surface area (Å²) in [6, 6.07) is 7.05. The van der Waals surface area contributed by atoms with Gasteiger partial charge in [-0.2, -0.15) is 26.3 Å². The number of hydrogen-bond acceptors (Lipinski definition) is 6. The third kappa shape index (κ3) is 6.55. The fraction of sp³-hybridized carbons (Fsp3) is 0.550. The molecule has 1 aliphatic rings. The molecule has 0 spiro atoms. The molecule has 1 unspecified atom stereocenters. The number of amides is 1. The number of carbonyl (C=O) groups excluding carboxylic acids is 3. The van der Waals surface area contributed by atoms with Crippen molar-refractivity contribution in [3.63, 3.8) is 0 Å². The normalized spacial score (nSPS) is 19.5. The zero-order valence-electron chi connectivity index (χ0n) is 17.7. The third-order valence-corrected chi connectivity index (χ3v) is 5.76. The summed E-state index contributed by atoms with van der Waals surface area (Å²) in [5.41, 5.74) is -0.322. The van der Waals surface area contributed by atoms with Crippen LogP contribution in [-0.4, -0.2) is 52.0 Å². The van der Waals surface area contributed by atoms with Crippen molar-refractivity contribution in [1.29, 1.82) is 0 Å². The number of nitrogens with one attached hydrogen (secondary N) is 1. The minimum atomic E-state index is -5.96. The van der Waals surface area contributed by atoms with Crippen molar-refractivity contribution in [2.45, 2.75) is 67.8 Å². The standard InChI is InChI=1S/C20H21F6NO5S/c1-17(2,3)31-15(29)12(9-11-7-5-4-6-8-11)27-14(28)10-13-16(30)32-18(33-13,19(21,22)23)20(24,25)26/h4-8,12-13H,9-10H2,1-3H3,(H,27,28)/t12-,13?/m0/s1. The van der Waals surface area contributed by atoms with Gasteiger partial charge in [0.05, 0.1) is 0 Å². The molecule has 1 heterocycles. The molecule has 1 N–H and O–H groups in total. The quantitative estimate of drug-likeness (QED) is 0.470. The maximum atomic E-state index is 13.1. The van der Waals surface area contributed by atoms with Gasteiger partial charge in [-0.1, -0.05) is 42.1 Å². The first-order chi connectivity index (χ1) is 15.0. The third-order valence-electron chi connectivity index (χ3n) is 4.24. The number of hydrogen-bond donors (Lipinski definition) is 1. The van der Waals surface area contributed by atoms with E-state index in [1.807, 2.05) is 0 Å². The molecule has 13 heteroatoms. The van der Waals surface area contributed by atoms with Crippen molar-refractivity contribution >= 4 is 29.6 Å². The number of rotatable bonds is 6. The topological polar surface area (TPSA) is 81.7 Å². The Kier molecular flexibility index (Phi) is 7.66. The molecule has 0 bridgehead atoms. The van der Waals surface area contributed by atoms with E-state index in [1.165, 1.54) is 0 Å². The first-order valence-electron chi connectivity index (χ1n) is 9.55. The van der Waals surface area contributed by atoms with Gasteiger partial charge in [0.15, 0.2) is 0 Å². The Bertz CT molecular complexity index is 868. The predicted octanol–water partition coefficient (Wildman–Crippen LogP) is 3.93. The summed E-state index contributed by atoms with van der Waals surface area (Å²) in [5, 5.41) is 0.164. The number of esters is 2. The average Bonchev–Trinajstić information content (AvgIpc) is 2.98. The molecule has 2 atom stereocenters. The zero-order valence-corrected chi connectivity index (χ0v) is 18.5. The van der Waals surface area contributed by atoms with Crippen LogP contribution < -0.4 is 5.32 Å². The molecular weight excluding hydrogens is 480 g/mol. The molecule has 0 aliphatic carbocycles. The van der Waals surface area contributed by atoms with Gasteiger partial charge >= 0.3 is 29.2 Å². The van der Waals surface area contributed by atoms with E-state index >= 15 is 0 Å². The second kappa shape index (κ2) is 9.43. The minimum absolute atomic E-state index is 0.0568. The fourth-order valence-corrected chi connectivity index (χ4v) is 4.03. The number of alkyl halides is 6. The van der Waals surface area contributed by atoms with Crippen LogP contribution in [0.3, 0.4) is 0 Å². The smallest absolute Gasteiger partial charge is 0.448 e. The predicted molar refractivity (Wildman–Crippen MR) is 105 cm³/mol. The van der Waals surface area contributed by atoms with E-state index in [4.69, 9.17) is 4.74 Å². The van der Waals surface area contributed by atoms with Gasteiger partial charge in [0.2, 0.25) is 5.91 Å². The van der Waals surface area contributed by atoms with Crippen molar-refractivity contribution in [2.24, 2.45) is 0 Å². The van der Waals surface area contributed by atoms with E-state index in [0.717, 1.165) is 0 Å². The van der Waals surface area contributed by atoms with Crippen LogP contribution in [0.25, 0.3) is 0 Å². The molecule has 0 radical (unpaired) electrons. The lowest BCUT2D eigenvalue weighted by Crippen LogP contribution is -2.54. The second-order valence-corrected chi connectivity index (χ2v) is 9.57. The number of cyclic esters (lactones) is 1. The second-order valence-electron chi connectivity index (χ2n) is 8.19. The number of carbonyl (C=O) groups is 3. The van der Waals surface area contributed by atoms with Gasteiger partial charge in [-0.15, -0.1) is 0 Å². The molecule has 1 saturated heterocycles. The van der Waals surface area contributed by atoms with Gasteiger partial charge in [-0.05, 0) is 26.3 Å². The molecular formula is C20H21F6NO5S. The Morgan fingerprint density at radius 3 is 2.09 bits per heavy atom. The number of halogens is 6. The summed E-state index contributed by atoms with van der Waals surface area (Å²) in [7, 11) is 0. The first-order valence-corrected chi connectivity index (χ1v) is 10.4. The maximum absolute atomic E-state index is 13.1. The number of benzene rings is 1. The highest BCUT2D eigenvalue weighted by Crippen LogP contribution is 2.58. The van der Waals surface area contributed by atoms with Gasteiger partial charge in [-0.25, -0.2) is 4.79 Å². The lowest BCUT2D eigenvalue weighted by Gasteiger charge is -2.30. The summed E-state index contributed by atoms with van der Waals surface area (Å²) in [6.45, 7) is 4.72. The van der Waals surface area contributed by atoms with Crippen molar-refractivity contribution < 1.29 is 50.2 Å². The molecule has 1 aromatic rings. The van der Waals surface area contributed by atoms with Crippen molar-refractivity contribution in [2.75, 3.05) is 0 Å². The Balaban J connectivity index is 2.17. The van der Waals surface area contributed by atoms with Gasteiger partial charge in [0, 0.05) is 12.8 Å². The van der Waals surface area contributed by atoms with Crippen LogP contribution in [0.1, 0.15) is 32.8 Å². The van der Waals surface area contributed by atoms with Gasteiger partial charge in [0.1, 0.15) is 16.9 Å². The van der Waals surface area contributed by atoms with Crippen LogP contribution in [0.2, 0.25) is 0 Å². The molecule has 1 aliphatic heterocycles. The van der Waals surface area contributed by atoms with Crippen LogP contribution in [0.15, 0.2) is 30.3 Å². The summed E-state index contributed by atoms with van der Waals surface area (Å²) >= 11 is -0.841. The summed E-state index contributed by atoms with van der Waals surface area (Å²) < 4.78 is 87.7. The Morgan fingerprint density at radius 2 is 1.64 bits per heavy atom. The average molecular weight is 501 g/mol. The summed E-state index contributed by atoms with van der Waals surface area (Å²) in [6.07, 6.45) is -13.0. The highest BCUT2D eigenvalue weighted by molar-refractivity contribution is 8.02. The van der Waals surface area contributed by atoms with Gasteiger partial charge < -0.3 is 14.8 Å². The Hall–Kier alpha value is -2.44. The molecule has 2 rings (SSSR count). The van der Waals surface area contributed by atoms with E-state index in [0.29, 0.717) is 5.56 Å². The van der Waals surface area contributed by atoms with E-state index in [9.17, 15) is 40.7 Å². The van der Waals surface area contributed by atoms with Crippen LogP contribution in [0.5, 0.6) is 0 Å². The fourth-order valence-electron chi connectivity index (χ4n) is 2.85. The van der Waals surface area contributed by atoms with Gasteiger partial charge in [0.25, 0.3) is 0 Å².